The predicted octanol–water partition coefficient (Wildman–Crippen LogP) is 3.35. The van der Waals surface area contributed by atoms with Crippen molar-refractivity contribution in [2.75, 3.05) is 20.1 Å². The van der Waals surface area contributed by atoms with E-state index in [0.717, 1.165) is 5.25 Å². The standard InChI is InChI=1S/C14H18N2S/c1-16-8-5-12(6-9-16)17-13-2-3-14-11(10-13)4-7-15-14/h2-4,7,10,12,15H,5-6,8-9H2,1H3. The van der Waals surface area contributed by atoms with Crippen molar-refractivity contribution in [3.05, 3.63) is 30.5 Å². The molecular weight excluding hydrogens is 228 g/mol. The Morgan fingerprint density at radius 3 is 2.88 bits per heavy atom. The van der Waals surface area contributed by atoms with Crippen LogP contribution in [0.5, 0.6) is 0 Å². The van der Waals surface area contributed by atoms with Crippen molar-refractivity contribution in [2.24, 2.45) is 0 Å². The molecule has 3 heteroatoms. The van der Waals surface area contributed by atoms with Gasteiger partial charge in [0.25, 0.3) is 0 Å². The first kappa shape index (κ1) is 11.2. The summed E-state index contributed by atoms with van der Waals surface area (Å²) in [5.41, 5.74) is 1.23. The molecule has 1 aromatic heterocycles. The van der Waals surface area contributed by atoms with Crippen LogP contribution in [-0.4, -0.2) is 35.3 Å². The van der Waals surface area contributed by atoms with Gasteiger partial charge in [0.1, 0.15) is 0 Å². The Kier molecular flexibility index (Phi) is 3.12. The summed E-state index contributed by atoms with van der Waals surface area (Å²) in [7, 11) is 2.22. The highest BCUT2D eigenvalue weighted by Crippen LogP contribution is 2.31. The fourth-order valence-corrected chi connectivity index (χ4v) is 3.57. The molecule has 3 rings (SSSR count). The third-order valence-electron chi connectivity index (χ3n) is 3.49. The zero-order valence-corrected chi connectivity index (χ0v) is 11.0. The van der Waals surface area contributed by atoms with Crippen LogP contribution in [0.25, 0.3) is 10.9 Å². The molecule has 0 bridgehead atoms. The summed E-state index contributed by atoms with van der Waals surface area (Å²) in [6.45, 7) is 2.48. The van der Waals surface area contributed by atoms with Gasteiger partial charge in [-0.2, -0.15) is 0 Å². The molecule has 1 fully saturated rings. The number of piperidine rings is 1. The molecule has 0 radical (unpaired) electrons. The maximum Gasteiger partial charge on any atom is 0.0454 e. The normalized spacial score (nSPS) is 18.9. The molecule has 0 aliphatic carbocycles. The summed E-state index contributed by atoms with van der Waals surface area (Å²) in [5.74, 6) is 0. The molecule has 1 aliphatic rings. The van der Waals surface area contributed by atoms with Gasteiger partial charge in [0.15, 0.2) is 0 Å². The summed E-state index contributed by atoms with van der Waals surface area (Å²) >= 11 is 2.04. The Hall–Kier alpha value is -0.930. The predicted molar refractivity (Wildman–Crippen MR) is 74.7 cm³/mol. The first-order valence-electron chi connectivity index (χ1n) is 6.23. The smallest absolute Gasteiger partial charge is 0.0454 e. The number of nitrogens with one attached hydrogen (secondary N) is 1. The summed E-state index contributed by atoms with van der Waals surface area (Å²) in [6, 6.07) is 8.87. The quantitative estimate of drug-likeness (QED) is 0.876. The largest absolute Gasteiger partial charge is 0.361 e. The molecule has 2 heterocycles. The number of likely N-dealkylation sites (tertiary alicyclic amines) is 1. The van der Waals surface area contributed by atoms with Crippen LogP contribution in [-0.2, 0) is 0 Å². The molecule has 0 saturated carbocycles. The molecule has 2 aromatic rings. The average molecular weight is 246 g/mol. The van der Waals surface area contributed by atoms with Gasteiger partial charge in [0.2, 0.25) is 0 Å². The van der Waals surface area contributed by atoms with Crippen LogP contribution < -0.4 is 0 Å². The Balaban J connectivity index is 1.71. The third-order valence-corrected chi connectivity index (χ3v) is 4.82. The number of aromatic amines is 1. The van der Waals surface area contributed by atoms with Gasteiger partial charge in [0, 0.05) is 27.2 Å². The Bertz CT molecular complexity index is 498. The second kappa shape index (κ2) is 4.75. The number of hydrogen-bond donors (Lipinski definition) is 1. The number of fused-ring (bicyclic) bond motifs is 1. The molecule has 1 aliphatic heterocycles. The topological polar surface area (TPSA) is 19.0 Å². The van der Waals surface area contributed by atoms with Crippen LogP contribution in [0.15, 0.2) is 35.4 Å². The van der Waals surface area contributed by atoms with Crippen LogP contribution in [0.2, 0.25) is 0 Å². The van der Waals surface area contributed by atoms with E-state index >= 15 is 0 Å². The van der Waals surface area contributed by atoms with Crippen molar-refractivity contribution in [1.82, 2.24) is 9.88 Å². The first-order chi connectivity index (χ1) is 8.31. The maximum absolute atomic E-state index is 3.24. The number of nitrogens with zero attached hydrogens (tertiary/aromatic N) is 1. The Labute approximate surface area is 106 Å². The van der Waals surface area contributed by atoms with E-state index in [-0.39, 0.29) is 0 Å². The third kappa shape index (κ3) is 2.50. The number of thioether (sulfide) groups is 1. The van der Waals surface area contributed by atoms with Gasteiger partial charge in [-0.15, -0.1) is 11.8 Å². The van der Waals surface area contributed by atoms with Gasteiger partial charge in [-0.05, 0) is 57.2 Å². The molecule has 2 nitrogen and oxygen atoms in total. The van der Waals surface area contributed by atoms with Crippen LogP contribution in [0, 0.1) is 0 Å². The molecule has 0 unspecified atom stereocenters. The van der Waals surface area contributed by atoms with E-state index in [2.05, 4.69) is 41.2 Å². The van der Waals surface area contributed by atoms with Gasteiger partial charge in [-0.3, -0.25) is 0 Å². The van der Waals surface area contributed by atoms with Crippen molar-refractivity contribution in [3.8, 4) is 0 Å². The van der Waals surface area contributed by atoms with Crippen LogP contribution >= 0.6 is 11.8 Å². The minimum atomic E-state index is 0.794. The number of hydrogen-bond acceptors (Lipinski definition) is 2. The van der Waals surface area contributed by atoms with Gasteiger partial charge in [-0.1, -0.05) is 0 Å². The average Bonchev–Trinajstić information content (AvgIpc) is 2.79. The van der Waals surface area contributed by atoms with E-state index in [1.165, 1.54) is 41.7 Å². The van der Waals surface area contributed by atoms with E-state index in [1.807, 2.05) is 18.0 Å². The highest BCUT2D eigenvalue weighted by Gasteiger charge is 2.17. The summed E-state index contributed by atoms with van der Waals surface area (Å²) in [6.07, 6.45) is 4.63. The molecule has 1 N–H and O–H groups in total. The molecule has 0 atom stereocenters. The number of H-pyrrole nitrogens is 1. The van der Waals surface area contributed by atoms with Crippen molar-refractivity contribution >= 4 is 22.7 Å². The highest BCUT2D eigenvalue weighted by molar-refractivity contribution is 8.00. The first-order valence-corrected chi connectivity index (χ1v) is 7.11. The highest BCUT2D eigenvalue weighted by atomic mass is 32.2. The number of aromatic nitrogens is 1. The molecule has 0 amide bonds. The van der Waals surface area contributed by atoms with E-state index in [1.54, 1.807) is 0 Å². The zero-order valence-electron chi connectivity index (χ0n) is 10.1. The van der Waals surface area contributed by atoms with Gasteiger partial charge in [-0.25, -0.2) is 0 Å². The lowest BCUT2D eigenvalue weighted by atomic mass is 10.1. The molecule has 1 saturated heterocycles. The monoisotopic (exact) mass is 246 g/mol. The second-order valence-electron chi connectivity index (χ2n) is 4.85. The lowest BCUT2D eigenvalue weighted by molar-refractivity contribution is 0.282. The molecule has 90 valence electrons. The minimum Gasteiger partial charge on any atom is -0.361 e. The van der Waals surface area contributed by atoms with Gasteiger partial charge < -0.3 is 9.88 Å². The zero-order chi connectivity index (χ0) is 11.7. The van der Waals surface area contributed by atoms with Crippen molar-refractivity contribution in [1.29, 1.82) is 0 Å². The van der Waals surface area contributed by atoms with Crippen molar-refractivity contribution < 1.29 is 0 Å². The van der Waals surface area contributed by atoms with Crippen LogP contribution in [0.3, 0.4) is 0 Å². The summed E-state index contributed by atoms with van der Waals surface area (Å²) in [4.78, 5) is 7.07. The van der Waals surface area contributed by atoms with Crippen LogP contribution in [0.4, 0.5) is 0 Å². The second-order valence-corrected chi connectivity index (χ2v) is 6.22. The van der Waals surface area contributed by atoms with Crippen molar-refractivity contribution in [2.45, 2.75) is 23.0 Å². The minimum absolute atomic E-state index is 0.794. The Morgan fingerprint density at radius 1 is 1.24 bits per heavy atom. The van der Waals surface area contributed by atoms with E-state index in [0.29, 0.717) is 0 Å². The lowest BCUT2D eigenvalue weighted by Crippen LogP contribution is -2.31. The summed E-state index contributed by atoms with van der Waals surface area (Å²) in [5, 5.41) is 2.12. The molecule has 17 heavy (non-hydrogen) atoms. The van der Waals surface area contributed by atoms with E-state index in [4.69, 9.17) is 0 Å². The number of benzene rings is 1. The molecule has 0 spiro atoms. The summed E-state index contributed by atoms with van der Waals surface area (Å²) < 4.78 is 0. The number of rotatable bonds is 2. The maximum atomic E-state index is 3.24. The van der Waals surface area contributed by atoms with Crippen LogP contribution in [0.1, 0.15) is 12.8 Å². The molecule has 1 aromatic carbocycles. The lowest BCUT2D eigenvalue weighted by Gasteiger charge is -2.28. The van der Waals surface area contributed by atoms with E-state index in [9.17, 15) is 0 Å². The van der Waals surface area contributed by atoms with Crippen molar-refractivity contribution in [3.63, 3.8) is 0 Å². The Morgan fingerprint density at radius 2 is 2.06 bits per heavy atom. The SMILES string of the molecule is CN1CCC(Sc2ccc3[nH]ccc3c2)CC1. The van der Waals surface area contributed by atoms with E-state index < -0.39 is 0 Å². The fourth-order valence-electron chi connectivity index (χ4n) is 2.40. The molecular formula is C14H18N2S. The van der Waals surface area contributed by atoms with Gasteiger partial charge >= 0.3 is 0 Å². The van der Waals surface area contributed by atoms with Gasteiger partial charge in [0.05, 0.1) is 0 Å². The fraction of sp³-hybridized carbons (Fsp3) is 0.429.